The second-order valence-corrected chi connectivity index (χ2v) is 5.92. The van der Waals surface area contributed by atoms with Gasteiger partial charge in [0.15, 0.2) is 0 Å². The SMILES string of the molecule is Cc1sc(CNC(CO)(CO)CO)cc1Br. The Labute approximate surface area is 107 Å². The van der Waals surface area contributed by atoms with Crippen LogP contribution in [0.15, 0.2) is 10.5 Å². The number of hydrogen-bond donors (Lipinski definition) is 4. The third-order valence-electron chi connectivity index (χ3n) is 2.45. The normalized spacial score (nSPS) is 12.1. The van der Waals surface area contributed by atoms with Gasteiger partial charge in [0.1, 0.15) is 0 Å². The van der Waals surface area contributed by atoms with Gasteiger partial charge in [-0.15, -0.1) is 11.3 Å². The van der Waals surface area contributed by atoms with Crippen LogP contribution < -0.4 is 5.32 Å². The molecule has 0 aliphatic carbocycles. The van der Waals surface area contributed by atoms with E-state index in [2.05, 4.69) is 21.2 Å². The lowest BCUT2D eigenvalue weighted by Gasteiger charge is -2.28. The van der Waals surface area contributed by atoms with E-state index in [1.54, 1.807) is 11.3 Å². The minimum absolute atomic E-state index is 0.300. The van der Waals surface area contributed by atoms with Gasteiger partial charge in [0.25, 0.3) is 0 Å². The zero-order chi connectivity index (χ0) is 12.2. The number of thiophene rings is 1. The van der Waals surface area contributed by atoms with Crippen LogP contribution in [0.2, 0.25) is 0 Å². The van der Waals surface area contributed by atoms with Crippen molar-refractivity contribution in [2.75, 3.05) is 19.8 Å². The summed E-state index contributed by atoms with van der Waals surface area (Å²) >= 11 is 5.05. The van der Waals surface area contributed by atoms with E-state index in [-0.39, 0.29) is 19.8 Å². The van der Waals surface area contributed by atoms with Crippen molar-refractivity contribution in [1.29, 1.82) is 0 Å². The minimum atomic E-state index is -1.01. The van der Waals surface area contributed by atoms with Crippen molar-refractivity contribution in [2.24, 2.45) is 0 Å². The summed E-state index contributed by atoms with van der Waals surface area (Å²) in [6, 6.07) is 1.99. The van der Waals surface area contributed by atoms with E-state index < -0.39 is 5.54 Å². The maximum atomic E-state index is 9.13. The molecule has 1 rings (SSSR count). The number of aryl methyl sites for hydroxylation is 1. The average Bonchev–Trinajstić information content (AvgIpc) is 2.61. The summed E-state index contributed by atoms with van der Waals surface area (Å²) in [6.07, 6.45) is 0. The molecule has 0 aromatic carbocycles. The highest BCUT2D eigenvalue weighted by Crippen LogP contribution is 2.26. The molecule has 1 heterocycles. The van der Waals surface area contributed by atoms with Crippen LogP contribution in [0.4, 0.5) is 0 Å². The highest BCUT2D eigenvalue weighted by molar-refractivity contribution is 9.10. The van der Waals surface area contributed by atoms with E-state index in [9.17, 15) is 0 Å². The Balaban J connectivity index is 2.62. The fraction of sp³-hybridized carbons (Fsp3) is 0.600. The Hall–Kier alpha value is 0.0200. The average molecular weight is 310 g/mol. The lowest BCUT2D eigenvalue weighted by Crippen LogP contribution is -2.54. The van der Waals surface area contributed by atoms with Gasteiger partial charge in [-0.3, -0.25) is 0 Å². The largest absolute Gasteiger partial charge is 0.394 e. The summed E-state index contributed by atoms with van der Waals surface area (Å²) in [7, 11) is 0. The molecule has 0 unspecified atom stereocenters. The molecule has 0 aliphatic heterocycles. The Bertz CT molecular complexity index is 311. The zero-order valence-corrected chi connectivity index (χ0v) is 11.4. The van der Waals surface area contributed by atoms with Gasteiger partial charge in [0, 0.05) is 20.8 Å². The van der Waals surface area contributed by atoms with Crippen molar-refractivity contribution in [3.8, 4) is 0 Å². The summed E-state index contributed by atoms with van der Waals surface area (Å²) < 4.78 is 1.05. The molecule has 0 spiro atoms. The fourth-order valence-corrected chi connectivity index (χ4v) is 2.74. The highest BCUT2D eigenvalue weighted by atomic mass is 79.9. The van der Waals surface area contributed by atoms with Gasteiger partial charge in [-0.05, 0) is 28.9 Å². The molecule has 0 radical (unpaired) electrons. The Kier molecular flexibility index (Phi) is 5.36. The number of aliphatic hydroxyl groups excluding tert-OH is 3. The van der Waals surface area contributed by atoms with Crippen LogP contribution >= 0.6 is 27.3 Å². The van der Waals surface area contributed by atoms with Crippen LogP contribution in [0.25, 0.3) is 0 Å². The molecule has 1 aromatic heterocycles. The van der Waals surface area contributed by atoms with E-state index in [1.807, 2.05) is 13.0 Å². The molecule has 4 nitrogen and oxygen atoms in total. The smallest absolute Gasteiger partial charge is 0.0884 e. The van der Waals surface area contributed by atoms with Crippen molar-refractivity contribution >= 4 is 27.3 Å². The number of nitrogens with one attached hydrogen (secondary N) is 1. The molecule has 0 aliphatic rings. The second kappa shape index (κ2) is 6.09. The third-order valence-corrected chi connectivity index (χ3v) is 4.59. The van der Waals surface area contributed by atoms with Gasteiger partial charge in [0.2, 0.25) is 0 Å². The Morgan fingerprint density at radius 3 is 2.25 bits per heavy atom. The number of hydrogen-bond acceptors (Lipinski definition) is 5. The van der Waals surface area contributed by atoms with Gasteiger partial charge in [0.05, 0.1) is 25.4 Å². The third kappa shape index (κ3) is 3.26. The first-order chi connectivity index (χ1) is 7.56. The van der Waals surface area contributed by atoms with Gasteiger partial charge in [-0.1, -0.05) is 0 Å². The lowest BCUT2D eigenvalue weighted by molar-refractivity contribution is 0.0415. The van der Waals surface area contributed by atoms with Crippen molar-refractivity contribution in [3.63, 3.8) is 0 Å². The van der Waals surface area contributed by atoms with Gasteiger partial charge >= 0.3 is 0 Å². The maximum absolute atomic E-state index is 9.13. The molecule has 0 atom stereocenters. The summed E-state index contributed by atoms with van der Waals surface area (Å²) in [4.78, 5) is 2.27. The van der Waals surface area contributed by atoms with Crippen molar-refractivity contribution in [2.45, 2.75) is 19.0 Å². The summed E-state index contributed by atoms with van der Waals surface area (Å²) in [5, 5.41) is 30.4. The van der Waals surface area contributed by atoms with Crippen molar-refractivity contribution < 1.29 is 15.3 Å². The zero-order valence-electron chi connectivity index (χ0n) is 9.03. The quantitative estimate of drug-likeness (QED) is 0.622. The summed E-state index contributed by atoms with van der Waals surface area (Å²) in [5.41, 5.74) is -1.01. The number of halogens is 1. The van der Waals surface area contributed by atoms with Gasteiger partial charge < -0.3 is 20.6 Å². The van der Waals surface area contributed by atoms with Crippen LogP contribution in [0.1, 0.15) is 9.75 Å². The minimum Gasteiger partial charge on any atom is -0.394 e. The predicted molar refractivity (Wildman–Crippen MR) is 67.6 cm³/mol. The molecule has 0 saturated carbocycles. The van der Waals surface area contributed by atoms with Gasteiger partial charge in [-0.2, -0.15) is 0 Å². The molecular formula is C10H16BrNO3S. The Morgan fingerprint density at radius 2 is 1.88 bits per heavy atom. The standard InChI is InChI=1S/C10H16BrNO3S/c1-7-9(11)2-8(16-7)3-12-10(4-13,5-14)6-15/h2,12-15H,3-6H2,1H3. The van der Waals surface area contributed by atoms with E-state index in [1.165, 1.54) is 4.88 Å². The van der Waals surface area contributed by atoms with Crippen LogP contribution in [0, 0.1) is 6.92 Å². The number of rotatable bonds is 6. The molecule has 0 amide bonds. The summed E-state index contributed by atoms with van der Waals surface area (Å²) in [5.74, 6) is 0. The second-order valence-electron chi connectivity index (χ2n) is 3.73. The van der Waals surface area contributed by atoms with E-state index >= 15 is 0 Å². The van der Waals surface area contributed by atoms with E-state index in [4.69, 9.17) is 15.3 Å². The topological polar surface area (TPSA) is 72.7 Å². The first kappa shape index (κ1) is 14.1. The molecule has 4 N–H and O–H groups in total. The molecule has 6 heteroatoms. The van der Waals surface area contributed by atoms with Crippen molar-refractivity contribution in [3.05, 3.63) is 20.3 Å². The van der Waals surface area contributed by atoms with E-state index in [0.29, 0.717) is 6.54 Å². The molecular weight excluding hydrogens is 294 g/mol. The van der Waals surface area contributed by atoms with Crippen LogP contribution in [-0.2, 0) is 6.54 Å². The first-order valence-electron chi connectivity index (χ1n) is 4.89. The van der Waals surface area contributed by atoms with Crippen molar-refractivity contribution in [1.82, 2.24) is 5.32 Å². The molecule has 0 bridgehead atoms. The van der Waals surface area contributed by atoms with Gasteiger partial charge in [-0.25, -0.2) is 0 Å². The van der Waals surface area contributed by atoms with Crippen LogP contribution in [0.3, 0.4) is 0 Å². The highest BCUT2D eigenvalue weighted by Gasteiger charge is 2.27. The maximum Gasteiger partial charge on any atom is 0.0884 e. The molecule has 1 aromatic rings. The molecule has 0 saturated heterocycles. The summed E-state index contributed by atoms with van der Waals surface area (Å²) in [6.45, 7) is 1.62. The number of aliphatic hydroxyl groups is 3. The fourth-order valence-electron chi connectivity index (χ4n) is 1.20. The first-order valence-corrected chi connectivity index (χ1v) is 6.50. The Morgan fingerprint density at radius 1 is 1.31 bits per heavy atom. The molecule has 92 valence electrons. The molecule has 0 fully saturated rings. The predicted octanol–water partition coefficient (Wildman–Crippen LogP) is 0.624. The lowest BCUT2D eigenvalue weighted by atomic mass is 10.0. The monoisotopic (exact) mass is 309 g/mol. The molecule has 16 heavy (non-hydrogen) atoms. The van der Waals surface area contributed by atoms with Crippen LogP contribution in [-0.4, -0.2) is 40.7 Å². The van der Waals surface area contributed by atoms with Crippen LogP contribution in [0.5, 0.6) is 0 Å². The van der Waals surface area contributed by atoms with E-state index in [0.717, 1.165) is 9.35 Å².